The van der Waals surface area contributed by atoms with Gasteiger partial charge in [-0.3, -0.25) is 14.5 Å². The van der Waals surface area contributed by atoms with Crippen molar-refractivity contribution in [2.45, 2.75) is 6.54 Å². The Morgan fingerprint density at radius 1 is 0.862 bits per heavy atom. The lowest BCUT2D eigenvalue weighted by Crippen LogP contribution is -2.30. The fourth-order valence-electron chi connectivity index (χ4n) is 3.56. The Kier molecular flexibility index (Phi) is 6.17. The van der Waals surface area contributed by atoms with Crippen molar-refractivity contribution in [1.82, 2.24) is 4.90 Å². The van der Waals surface area contributed by atoms with E-state index in [-0.39, 0.29) is 52.7 Å². The van der Waals surface area contributed by atoms with Crippen molar-refractivity contribution < 1.29 is 34.4 Å². The molecule has 2 aromatic rings. The molecule has 0 bridgehead atoms. The molecule has 1 aliphatic carbocycles. The Labute approximate surface area is 167 Å². The van der Waals surface area contributed by atoms with Crippen LogP contribution in [-0.2, 0) is 6.54 Å². The molecule has 3 rings (SSSR count). The van der Waals surface area contributed by atoms with Crippen LogP contribution in [0.25, 0.3) is 0 Å². The van der Waals surface area contributed by atoms with Crippen LogP contribution in [-0.4, -0.2) is 72.3 Å². The third-order valence-corrected chi connectivity index (χ3v) is 4.89. The number of aromatic hydroxyl groups is 1. The zero-order valence-corrected chi connectivity index (χ0v) is 16.3. The Hall–Kier alpha value is -2.94. The molecule has 8 heteroatoms. The summed E-state index contributed by atoms with van der Waals surface area (Å²) >= 11 is 0. The summed E-state index contributed by atoms with van der Waals surface area (Å²) in [4.78, 5) is 28.1. The van der Waals surface area contributed by atoms with Gasteiger partial charge in [0.1, 0.15) is 17.2 Å². The molecule has 3 N–H and O–H groups in total. The van der Waals surface area contributed by atoms with E-state index >= 15 is 0 Å². The second-order valence-corrected chi connectivity index (χ2v) is 6.67. The van der Waals surface area contributed by atoms with Crippen LogP contribution in [0.3, 0.4) is 0 Å². The average molecular weight is 401 g/mol. The van der Waals surface area contributed by atoms with Gasteiger partial charge < -0.3 is 24.8 Å². The molecule has 0 unspecified atom stereocenters. The van der Waals surface area contributed by atoms with Crippen LogP contribution in [0.5, 0.6) is 17.2 Å². The first kappa shape index (κ1) is 20.8. The Morgan fingerprint density at radius 2 is 1.52 bits per heavy atom. The maximum atomic E-state index is 13.2. The monoisotopic (exact) mass is 401 g/mol. The van der Waals surface area contributed by atoms with E-state index in [1.807, 2.05) is 4.90 Å². The molecule has 29 heavy (non-hydrogen) atoms. The Balaban J connectivity index is 2.11. The highest BCUT2D eigenvalue weighted by Crippen LogP contribution is 2.39. The van der Waals surface area contributed by atoms with Crippen LogP contribution in [0, 0.1) is 0 Å². The van der Waals surface area contributed by atoms with Gasteiger partial charge in [-0.25, -0.2) is 0 Å². The highest BCUT2D eigenvalue weighted by Gasteiger charge is 2.35. The number of benzene rings is 2. The zero-order chi connectivity index (χ0) is 21.1. The number of hydrogen-bond donors (Lipinski definition) is 3. The summed E-state index contributed by atoms with van der Waals surface area (Å²) in [6, 6.07) is 5.98. The van der Waals surface area contributed by atoms with Crippen molar-refractivity contribution in [1.29, 1.82) is 0 Å². The van der Waals surface area contributed by atoms with Gasteiger partial charge in [0.2, 0.25) is 5.78 Å². The fourth-order valence-corrected chi connectivity index (χ4v) is 3.56. The number of carbonyl (C=O) groups excluding carboxylic acids is 2. The number of carbonyl (C=O) groups is 2. The molecular weight excluding hydrogens is 378 g/mol. The summed E-state index contributed by atoms with van der Waals surface area (Å²) in [5, 5.41) is 28.7. The maximum Gasteiger partial charge on any atom is 0.201 e. The van der Waals surface area contributed by atoms with Gasteiger partial charge in [-0.05, 0) is 23.8 Å². The van der Waals surface area contributed by atoms with E-state index in [0.29, 0.717) is 25.2 Å². The number of methoxy groups -OCH3 is 2. The van der Waals surface area contributed by atoms with Crippen LogP contribution < -0.4 is 9.47 Å². The predicted octanol–water partition coefficient (Wildman–Crippen LogP) is 0.971. The first-order chi connectivity index (χ1) is 13.9. The normalized spacial score (nSPS) is 12.7. The summed E-state index contributed by atoms with van der Waals surface area (Å²) in [6.45, 7) is 0.891. The number of ether oxygens (including phenoxy) is 2. The topological polar surface area (TPSA) is 117 Å². The number of hydrogen-bond acceptors (Lipinski definition) is 8. The number of rotatable bonds is 8. The first-order valence-electron chi connectivity index (χ1n) is 9.10. The van der Waals surface area contributed by atoms with Gasteiger partial charge in [0, 0.05) is 36.8 Å². The molecule has 2 aromatic carbocycles. The van der Waals surface area contributed by atoms with Crippen molar-refractivity contribution in [3.8, 4) is 17.2 Å². The smallest absolute Gasteiger partial charge is 0.201 e. The molecule has 8 nitrogen and oxygen atoms in total. The summed E-state index contributed by atoms with van der Waals surface area (Å²) in [5.74, 6) is -0.747. The molecule has 0 atom stereocenters. The van der Waals surface area contributed by atoms with Crippen molar-refractivity contribution in [2.24, 2.45) is 0 Å². The van der Waals surface area contributed by atoms with Crippen molar-refractivity contribution in [3.63, 3.8) is 0 Å². The van der Waals surface area contributed by atoms with Crippen LogP contribution >= 0.6 is 0 Å². The predicted molar refractivity (Wildman–Crippen MR) is 104 cm³/mol. The standard InChI is InChI=1S/C21H23NO7/c1-28-13-9-15-18(16(25)10-13)21(27)19-14(20(15)26)7-12(8-17(19)29-2)11-22(3-5-23)4-6-24/h7-10,23-25H,3-6,11H2,1-2H3. The van der Waals surface area contributed by atoms with E-state index in [4.69, 9.17) is 9.47 Å². The number of phenols is 1. The molecule has 0 spiro atoms. The quantitative estimate of drug-likeness (QED) is 0.511. The van der Waals surface area contributed by atoms with Crippen LogP contribution in [0.1, 0.15) is 37.4 Å². The minimum Gasteiger partial charge on any atom is -0.507 e. The molecule has 0 amide bonds. The van der Waals surface area contributed by atoms with Crippen LogP contribution in [0.15, 0.2) is 24.3 Å². The van der Waals surface area contributed by atoms with E-state index in [1.54, 1.807) is 12.1 Å². The number of ketones is 2. The van der Waals surface area contributed by atoms with Crippen LogP contribution in [0.2, 0.25) is 0 Å². The number of aliphatic hydroxyl groups is 2. The first-order valence-corrected chi connectivity index (χ1v) is 9.10. The minimum atomic E-state index is -0.499. The van der Waals surface area contributed by atoms with Crippen molar-refractivity contribution in [3.05, 3.63) is 52.1 Å². The molecule has 0 radical (unpaired) electrons. The summed E-state index contributed by atoms with van der Waals surface area (Å²) in [6.07, 6.45) is 0. The number of phenolic OH excluding ortho intramolecular Hbond substituents is 1. The molecule has 154 valence electrons. The zero-order valence-electron chi connectivity index (χ0n) is 16.3. The molecule has 0 heterocycles. The highest BCUT2D eigenvalue weighted by atomic mass is 16.5. The lowest BCUT2D eigenvalue weighted by atomic mass is 9.82. The number of nitrogens with zero attached hydrogens (tertiary/aromatic N) is 1. The molecule has 0 saturated carbocycles. The minimum absolute atomic E-state index is 0.0705. The molecule has 0 aliphatic heterocycles. The summed E-state index contributed by atoms with van der Waals surface area (Å²) in [7, 11) is 2.81. The van der Waals surface area contributed by atoms with Gasteiger partial charge in [0.05, 0.1) is 38.6 Å². The SMILES string of the molecule is COc1cc(O)c2c(c1)C(=O)c1cc(CN(CCO)CCO)cc(OC)c1C2=O. The van der Waals surface area contributed by atoms with Crippen molar-refractivity contribution >= 4 is 11.6 Å². The fraction of sp³-hybridized carbons (Fsp3) is 0.333. The molecule has 0 aromatic heterocycles. The van der Waals surface area contributed by atoms with Gasteiger partial charge in [0.25, 0.3) is 0 Å². The van der Waals surface area contributed by atoms with E-state index in [2.05, 4.69) is 0 Å². The van der Waals surface area contributed by atoms with E-state index in [1.165, 1.54) is 26.4 Å². The van der Waals surface area contributed by atoms with Gasteiger partial charge in [0.15, 0.2) is 5.78 Å². The lowest BCUT2D eigenvalue weighted by molar-refractivity contribution is 0.0973. The second-order valence-electron chi connectivity index (χ2n) is 6.67. The number of fused-ring (bicyclic) bond motifs is 2. The van der Waals surface area contributed by atoms with Gasteiger partial charge in [-0.15, -0.1) is 0 Å². The molecular formula is C21H23NO7. The van der Waals surface area contributed by atoms with Gasteiger partial charge in [-0.2, -0.15) is 0 Å². The number of aliphatic hydroxyl groups excluding tert-OH is 2. The Bertz CT molecular complexity index is 949. The van der Waals surface area contributed by atoms with Gasteiger partial charge >= 0.3 is 0 Å². The third kappa shape index (κ3) is 3.82. The van der Waals surface area contributed by atoms with Gasteiger partial charge in [-0.1, -0.05) is 0 Å². The molecule has 1 aliphatic rings. The Morgan fingerprint density at radius 3 is 2.10 bits per heavy atom. The van der Waals surface area contributed by atoms with Crippen LogP contribution in [0.4, 0.5) is 0 Å². The average Bonchev–Trinajstić information content (AvgIpc) is 2.71. The third-order valence-electron chi connectivity index (χ3n) is 4.89. The van der Waals surface area contributed by atoms with E-state index in [0.717, 1.165) is 0 Å². The van der Waals surface area contributed by atoms with Crippen molar-refractivity contribution in [2.75, 3.05) is 40.5 Å². The summed E-state index contributed by atoms with van der Waals surface area (Å²) in [5.41, 5.74) is 0.972. The highest BCUT2D eigenvalue weighted by molar-refractivity contribution is 6.30. The van der Waals surface area contributed by atoms with E-state index < -0.39 is 11.6 Å². The molecule has 0 fully saturated rings. The summed E-state index contributed by atoms with van der Waals surface area (Å²) < 4.78 is 10.5. The second kappa shape index (κ2) is 8.60. The largest absolute Gasteiger partial charge is 0.507 e. The lowest BCUT2D eigenvalue weighted by Gasteiger charge is -2.24. The maximum absolute atomic E-state index is 13.2. The van der Waals surface area contributed by atoms with E-state index in [9.17, 15) is 24.9 Å². The molecule has 0 saturated heterocycles.